The van der Waals surface area contributed by atoms with E-state index < -0.39 is 0 Å². The number of carbonyl (C=O) groups is 2. The Morgan fingerprint density at radius 3 is 2.93 bits per heavy atom. The van der Waals surface area contributed by atoms with E-state index in [4.69, 9.17) is 25.8 Å². The molecule has 2 heterocycles. The molecule has 1 fully saturated rings. The summed E-state index contributed by atoms with van der Waals surface area (Å²) in [6.07, 6.45) is 2.45. The summed E-state index contributed by atoms with van der Waals surface area (Å²) in [5.41, 5.74) is 0.947. The van der Waals surface area contributed by atoms with E-state index in [1.165, 1.54) is 0 Å². The standard InChI is InChI=1S/C19H25ClN2O5/c1-2-25-19(24)6-8-22-14(3-4-18(22)23)5-7-21-11-13-9-16-17(10-15(13)20)27-12-26-16/h9-10,14,21H,2-8,11-12H2,1H3. The highest BCUT2D eigenvalue weighted by atomic mass is 35.5. The number of ether oxygens (including phenoxy) is 3. The number of carbonyl (C=O) groups excluding carboxylic acids is 2. The smallest absolute Gasteiger partial charge is 0.307 e. The van der Waals surface area contributed by atoms with Crippen LogP contribution in [0.5, 0.6) is 11.5 Å². The van der Waals surface area contributed by atoms with E-state index in [1.54, 1.807) is 13.0 Å². The number of benzene rings is 1. The summed E-state index contributed by atoms with van der Waals surface area (Å²) in [5.74, 6) is 1.24. The Morgan fingerprint density at radius 2 is 2.15 bits per heavy atom. The molecule has 0 bridgehead atoms. The van der Waals surface area contributed by atoms with Gasteiger partial charge in [0, 0.05) is 36.6 Å². The predicted octanol–water partition coefficient (Wildman–Crippen LogP) is 2.49. The van der Waals surface area contributed by atoms with Crippen LogP contribution in [0.15, 0.2) is 12.1 Å². The number of esters is 1. The lowest BCUT2D eigenvalue weighted by atomic mass is 10.1. The van der Waals surface area contributed by atoms with Crippen LogP contribution in [0.1, 0.15) is 38.2 Å². The number of nitrogens with one attached hydrogen (secondary N) is 1. The Labute approximate surface area is 163 Å². The summed E-state index contributed by atoms with van der Waals surface area (Å²) in [6.45, 7) is 4.15. The topological polar surface area (TPSA) is 77.1 Å². The SMILES string of the molecule is CCOC(=O)CCN1C(=O)CCC1CCNCc1cc2c(cc1Cl)OCO2. The number of halogens is 1. The minimum atomic E-state index is -0.258. The van der Waals surface area contributed by atoms with Crippen molar-refractivity contribution in [1.82, 2.24) is 10.2 Å². The summed E-state index contributed by atoms with van der Waals surface area (Å²) in [4.78, 5) is 25.4. The number of hydrogen-bond acceptors (Lipinski definition) is 6. The monoisotopic (exact) mass is 396 g/mol. The maximum atomic E-state index is 12.1. The first-order chi connectivity index (χ1) is 13.1. The zero-order valence-electron chi connectivity index (χ0n) is 15.5. The third-order valence-corrected chi connectivity index (χ3v) is 5.18. The van der Waals surface area contributed by atoms with E-state index in [0.717, 1.165) is 24.9 Å². The molecular formula is C19H25ClN2O5. The maximum absolute atomic E-state index is 12.1. The van der Waals surface area contributed by atoms with Gasteiger partial charge in [-0.3, -0.25) is 9.59 Å². The minimum Gasteiger partial charge on any atom is -0.466 e. The number of rotatable bonds is 9. The van der Waals surface area contributed by atoms with Gasteiger partial charge >= 0.3 is 5.97 Å². The number of nitrogens with zero attached hydrogens (tertiary/aromatic N) is 1. The molecular weight excluding hydrogens is 372 g/mol. The molecule has 1 amide bonds. The largest absolute Gasteiger partial charge is 0.466 e. The van der Waals surface area contributed by atoms with Crippen LogP contribution in [0.25, 0.3) is 0 Å². The molecule has 1 aromatic carbocycles. The Kier molecular flexibility index (Phi) is 6.79. The zero-order valence-corrected chi connectivity index (χ0v) is 16.2. The van der Waals surface area contributed by atoms with Crippen molar-refractivity contribution in [3.05, 3.63) is 22.7 Å². The second kappa shape index (κ2) is 9.28. The van der Waals surface area contributed by atoms with E-state index in [0.29, 0.717) is 42.6 Å². The number of fused-ring (bicyclic) bond motifs is 1. The van der Waals surface area contributed by atoms with Crippen molar-refractivity contribution in [2.45, 2.75) is 45.2 Å². The van der Waals surface area contributed by atoms with Crippen LogP contribution in [0, 0.1) is 0 Å². The van der Waals surface area contributed by atoms with E-state index in [9.17, 15) is 9.59 Å². The Hall–Kier alpha value is -1.99. The van der Waals surface area contributed by atoms with Crippen molar-refractivity contribution in [2.24, 2.45) is 0 Å². The molecule has 1 atom stereocenters. The van der Waals surface area contributed by atoms with Crippen LogP contribution < -0.4 is 14.8 Å². The van der Waals surface area contributed by atoms with Crippen LogP contribution in [-0.4, -0.2) is 49.3 Å². The van der Waals surface area contributed by atoms with E-state index in [1.807, 2.05) is 11.0 Å². The van der Waals surface area contributed by atoms with Crippen molar-refractivity contribution in [2.75, 3.05) is 26.5 Å². The van der Waals surface area contributed by atoms with Crippen molar-refractivity contribution in [3.8, 4) is 11.5 Å². The van der Waals surface area contributed by atoms with Crippen molar-refractivity contribution < 1.29 is 23.8 Å². The predicted molar refractivity (Wildman–Crippen MR) is 99.9 cm³/mol. The lowest BCUT2D eigenvalue weighted by molar-refractivity contribution is -0.144. The minimum absolute atomic E-state index is 0.114. The molecule has 2 aliphatic heterocycles. The highest BCUT2D eigenvalue weighted by molar-refractivity contribution is 6.31. The first kappa shape index (κ1) is 19.8. The summed E-state index contributed by atoms with van der Waals surface area (Å²) in [7, 11) is 0. The molecule has 0 aromatic heterocycles. The molecule has 1 unspecified atom stereocenters. The van der Waals surface area contributed by atoms with Crippen LogP contribution >= 0.6 is 11.6 Å². The van der Waals surface area contributed by atoms with Gasteiger partial charge in [-0.15, -0.1) is 0 Å². The molecule has 1 aromatic rings. The number of amides is 1. The van der Waals surface area contributed by atoms with Gasteiger partial charge < -0.3 is 24.4 Å². The van der Waals surface area contributed by atoms with E-state index in [-0.39, 0.29) is 31.1 Å². The fourth-order valence-corrected chi connectivity index (χ4v) is 3.65. The van der Waals surface area contributed by atoms with Gasteiger partial charge in [0.1, 0.15) is 0 Å². The Balaban J connectivity index is 1.44. The van der Waals surface area contributed by atoms with Gasteiger partial charge in [-0.05, 0) is 37.9 Å². The molecule has 148 valence electrons. The van der Waals surface area contributed by atoms with Crippen molar-refractivity contribution >= 4 is 23.5 Å². The quantitative estimate of drug-likeness (QED) is 0.510. The third-order valence-electron chi connectivity index (χ3n) is 4.83. The van der Waals surface area contributed by atoms with Crippen LogP contribution in [0.4, 0.5) is 0 Å². The maximum Gasteiger partial charge on any atom is 0.307 e. The molecule has 2 aliphatic rings. The van der Waals surface area contributed by atoms with Crippen LogP contribution in [0.3, 0.4) is 0 Å². The molecule has 3 rings (SSSR count). The number of likely N-dealkylation sites (tertiary alicyclic amines) is 1. The fraction of sp³-hybridized carbons (Fsp3) is 0.579. The highest BCUT2D eigenvalue weighted by Crippen LogP contribution is 2.36. The molecule has 27 heavy (non-hydrogen) atoms. The van der Waals surface area contributed by atoms with E-state index in [2.05, 4.69) is 5.32 Å². The summed E-state index contributed by atoms with van der Waals surface area (Å²) >= 11 is 6.28. The molecule has 0 saturated carbocycles. The lowest BCUT2D eigenvalue weighted by Crippen LogP contribution is -2.36. The Bertz CT molecular complexity index is 697. The zero-order chi connectivity index (χ0) is 19.2. The Morgan fingerprint density at radius 1 is 1.37 bits per heavy atom. The second-order valence-electron chi connectivity index (χ2n) is 6.60. The number of hydrogen-bond donors (Lipinski definition) is 1. The van der Waals surface area contributed by atoms with Gasteiger partial charge in [0.25, 0.3) is 0 Å². The van der Waals surface area contributed by atoms with Gasteiger partial charge in [0.2, 0.25) is 12.7 Å². The first-order valence-electron chi connectivity index (χ1n) is 9.32. The van der Waals surface area contributed by atoms with Crippen molar-refractivity contribution in [1.29, 1.82) is 0 Å². The molecule has 1 saturated heterocycles. The third kappa shape index (κ3) is 5.05. The average Bonchev–Trinajstić information content (AvgIpc) is 3.23. The van der Waals surface area contributed by atoms with Crippen molar-refractivity contribution in [3.63, 3.8) is 0 Å². The molecule has 1 N–H and O–H groups in total. The second-order valence-corrected chi connectivity index (χ2v) is 7.00. The lowest BCUT2D eigenvalue weighted by Gasteiger charge is -2.24. The van der Waals surface area contributed by atoms with Gasteiger partial charge in [-0.25, -0.2) is 0 Å². The fourth-order valence-electron chi connectivity index (χ4n) is 3.43. The average molecular weight is 397 g/mol. The first-order valence-corrected chi connectivity index (χ1v) is 9.70. The molecule has 0 spiro atoms. The molecule has 8 heteroatoms. The highest BCUT2D eigenvalue weighted by Gasteiger charge is 2.30. The normalized spacial score (nSPS) is 18.2. The molecule has 0 aliphatic carbocycles. The summed E-state index contributed by atoms with van der Waals surface area (Å²) in [5, 5.41) is 4.01. The molecule has 7 nitrogen and oxygen atoms in total. The van der Waals surface area contributed by atoms with Gasteiger partial charge in [-0.2, -0.15) is 0 Å². The summed E-state index contributed by atoms with van der Waals surface area (Å²) < 4.78 is 15.6. The van der Waals surface area contributed by atoms with Gasteiger partial charge in [-0.1, -0.05) is 11.6 Å². The molecule has 0 radical (unpaired) electrons. The van der Waals surface area contributed by atoms with Gasteiger partial charge in [0.15, 0.2) is 11.5 Å². The van der Waals surface area contributed by atoms with E-state index >= 15 is 0 Å². The van der Waals surface area contributed by atoms with Crippen LogP contribution in [-0.2, 0) is 20.9 Å². The van der Waals surface area contributed by atoms with Gasteiger partial charge in [0.05, 0.1) is 13.0 Å². The summed E-state index contributed by atoms with van der Waals surface area (Å²) in [6, 6.07) is 3.82. The van der Waals surface area contributed by atoms with Crippen LogP contribution in [0.2, 0.25) is 5.02 Å².